The van der Waals surface area contributed by atoms with Crippen LogP contribution in [-0.2, 0) is 17.3 Å². The minimum Gasteiger partial charge on any atom is -0.508 e. The van der Waals surface area contributed by atoms with Gasteiger partial charge in [0.05, 0.1) is 18.4 Å². The van der Waals surface area contributed by atoms with Crippen LogP contribution in [0.3, 0.4) is 0 Å². The summed E-state index contributed by atoms with van der Waals surface area (Å²) in [6.45, 7) is 0. The Balaban J connectivity index is 1.69. The summed E-state index contributed by atoms with van der Waals surface area (Å²) in [5.74, 6) is 2.43. The van der Waals surface area contributed by atoms with Crippen molar-refractivity contribution in [3.8, 4) is 11.5 Å². The molecule has 2 nitrogen and oxygen atoms in total. The SMILES string of the molecule is Oc1ccccc1CCC1=[O+]c2ccccc2C1. The number of phenolic OH excluding ortho intramolecular Hbond substituents is 1. The van der Waals surface area contributed by atoms with Gasteiger partial charge in [-0.1, -0.05) is 30.3 Å². The summed E-state index contributed by atoms with van der Waals surface area (Å²) < 4.78 is 5.80. The molecule has 0 amide bonds. The third-order valence-electron chi connectivity index (χ3n) is 3.28. The summed E-state index contributed by atoms with van der Waals surface area (Å²) in [5, 5.41) is 9.71. The number of phenols is 1. The van der Waals surface area contributed by atoms with Crippen molar-refractivity contribution < 1.29 is 9.53 Å². The fourth-order valence-corrected chi connectivity index (χ4v) is 2.29. The second kappa shape index (κ2) is 4.65. The Labute approximate surface area is 106 Å². The average molecular weight is 239 g/mol. The Morgan fingerprint density at radius 2 is 1.72 bits per heavy atom. The number of hydrogen-bond acceptors (Lipinski definition) is 1. The van der Waals surface area contributed by atoms with Gasteiger partial charge in [0, 0.05) is 6.07 Å². The molecule has 0 saturated carbocycles. The maximum Gasteiger partial charge on any atom is 0.356 e. The molecule has 1 aliphatic rings. The second-order valence-corrected chi connectivity index (χ2v) is 4.55. The number of aryl methyl sites for hydroxylation is 1. The normalized spacial score (nSPS) is 13.2. The standard InChI is InChI=1S/C16H14O2/c17-15-7-3-1-5-12(15)9-10-14-11-13-6-2-4-8-16(13)18-14/h1-8H,9-11H2/p+1. The van der Waals surface area contributed by atoms with Gasteiger partial charge in [-0.3, -0.25) is 0 Å². The van der Waals surface area contributed by atoms with Crippen LogP contribution < -0.4 is 0 Å². The maximum atomic E-state index is 9.71. The largest absolute Gasteiger partial charge is 0.508 e. The smallest absolute Gasteiger partial charge is 0.356 e. The van der Waals surface area contributed by atoms with E-state index in [0.717, 1.165) is 36.4 Å². The summed E-state index contributed by atoms with van der Waals surface area (Å²) in [6.07, 6.45) is 2.56. The summed E-state index contributed by atoms with van der Waals surface area (Å²) in [7, 11) is 0. The van der Waals surface area contributed by atoms with Crippen LogP contribution in [-0.4, -0.2) is 10.9 Å². The highest BCUT2D eigenvalue weighted by Crippen LogP contribution is 2.26. The van der Waals surface area contributed by atoms with Crippen LogP contribution in [0.25, 0.3) is 0 Å². The maximum absolute atomic E-state index is 9.71. The van der Waals surface area contributed by atoms with Crippen LogP contribution in [0, 0.1) is 0 Å². The molecule has 2 aromatic rings. The van der Waals surface area contributed by atoms with E-state index in [1.54, 1.807) is 6.07 Å². The second-order valence-electron chi connectivity index (χ2n) is 4.55. The van der Waals surface area contributed by atoms with Gasteiger partial charge in [0.15, 0.2) is 0 Å². The van der Waals surface area contributed by atoms with E-state index in [0.29, 0.717) is 5.75 Å². The molecule has 1 N–H and O–H groups in total. The molecule has 0 bridgehead atoms. The Hall–Kier alpha value is -2.09. The van der Waals surface area contributed by atoms with Gasteiger partial charge in [-0.05, 0) is 24.1 Å². The molecule has 0 radical (unpaired) electrons. The van der Waals surface area contributed by atoms with Crippen LogP contribution in [0.15, 0.2) is 48.5 Å². The van der Waals surface area contributed by atoms with Gasteiger partial charge < -0.3 is 5.11 Å². The Bertz CT molecular complexity index is 600. The summed E-state index contributed by atoms with van der Waals surface area (Å²) in [4.78, 5) is 0. The van der Waals surface area contributed by atoms with Crippen molar-refractivity contribution in [2.75, 3.05) is 0 Å². The zero-order valence-corrected chi connectivity index (χ0v) is 10.1. The third-order valence-corrected chi connectivity index (χ3v) is 3.28. The van der Waals surface area contributed by atoms with Gasteiger partial charge in [0.25, 0.3) is 0 Å². The summed E-state index contributed by atoms with van der Waals surface area (Å²) in [6, 6.07) is 15.6. The van der Waals surface area contributed by atoms with E-state index in [9.17, 15) is 5.11 Å². The molecule has 18 heavy (non-hydrogen) atoms. The quantitative estimate of drug-likeness (QED) is 0.818. The highest BCUT2D eigenvalue weighted by atomic mass is 16.4. The molecule has 90 valence electrons. The molecule has 1 heterocycles. The first-order valence-electron chi connectivity index (χ1n) is 6.20. The molecule has 0 fully saturated rings. The summed E-state index contributed by atoms with van der Waals surface area (Å²) >= 11 is 0. The van der Waals surface area contributed by atoms with Crippen LogP contribution in [0.1, 0.15) is 17.5 Å². The number of ketones is 1. The highest BCUT2D eigenvalue weighted by Gasteiger charge is 2.27. The lowest BCUT2D eigenvalue weighted by molar-refractivity contribution is -0.363. The number of aromatic hydroxyl groups is 1. The molecule has 0 atom stereocenters. The predicted octanol–water partition coefficient (Wildman–Crippen LogP) is 3.40. The molecule has 0 spiro atoms. The number of hydrogen-bond donors (Lipinski definition) is 1. The predicted molar refractivity (Wildman–Crippen MR) is 71.0 cm³/mol. The van der Waals surface area contributed by atoms with E-state index < -0.39 is 0 Å². The van der Waals surface area contributed by atoms with Crippen LogP contribution in [0.5, 0.6) is 11.5 Å². The number of para-hydroxylation sites is 2. The molecule has 3 rings (SSSR count). The van der Waals surface area contributed by atoms with Gasteiger partial charge in [-0.2, -0.15) is 0 Å². The van der Waals surface area contributed by atoms with Gasteiger partial charge in [0.2, 0.25) is 0 Å². The first-order valence-corrected chi connectivity index (χ1v) is 6.20. The van der Waals surface area contributed by atoms with E-state index >= 15 is 0 Å². The first-order chi connectivity index (χ1) is 8.83. The Morgan fingerprint density at radius 3 is 2.56 bits per heavy atom. The van der Waals surface area contributed by atoms with Crippen molar-refractivity contribution in [2.24, 2.45) is 0 Å². The van der Waals surface area contributed by atoms with Crippen molar-refractivity contribution >= 4 is 5.78 Å². The molecule has 0 aromatic heterocycles. The fraction of sp³-hybridized carbons (Fsp3) is 0.188. The monoisotopic (exact) mass is 239 g/mol. The summed E-state index contributed by atoms with van der Waals surface area (Å²) in [5.41, 5.74) is 2.23. The number of rotatable bonds is 3. The lowest BCUT2D eigenvalue weighted by atomic mass is 10.0. The van der Waals surface area contributed by atoms with Crippen molar-refractivity contribution in [3.63, 3.8) is 0 Å². The zero-order valence-electron chi connectivity index (χ0n) is 10.1. The molecular weight excluding hydrogens is 224 g/mol. The van der Waals surface area contributed by atoms with E-state index in [1.165, 1.54) is 5.56 Å². The molecule has 0 saturated heterocycles. The average Bonchev–Trinajstić information content (AvgIpc) is 2.80. The molecule has 2 aromatic carbocycles. The Kier molecular flexibility index (Phi) is 2.85. The van der Waals surface area contributed by atoms with E-state index in [2.05, 4.69) is 6.07 Å². The topological polar surface area (TPSA) is 31.5 Å². The first kappa shape index (κ1) is 11.0. The number of carbonyl (C=O) groups excluding carboxylic acids is 1. The van der Waals surface area contributed by atoms with Crippen molar-refractivity contribution in [1.29, 1.82) is 0 Å². The number of benzene rings is 2. The molecule has 1 aliphatic heterocycles. The van der Waals surface area contributed by atoms with Gasteiger partial charge in [0.1, 0.15) is 5.75 Å². The highest BCUT2D eigenvalue weighted by molar-refractivity contribution is 5.85. The van der Waals surface area contributed by atoms with Crippen molar-refractivity contribution in [1.82, 2.24) is 0 Å². The van der Waals surface area contributed by atoms with Crippen molar-refractivity contribution in [2.45, 2.75) is 19.3 Å². The van der Waals surface area contributed by atoms with E-state index in [4.69, 9.17) is 4.42 Å². The third kappa shape index (κ3) is 2.14. The van der Waals surface area contributed by atoms with E-state index in [-0.39, 0.29) is 0 Å². The molecular formula is C16H15O2+. The minimum absolute atomic E-state index is 0.369. The van der Waals surface area contributed by atoms with Crippen molar-refractivity contribution in [3.05, 3.63) is 59.7 Å². The molecule has 0 aliphatic carbocycles. The Morgan fingerprint density at radius 1 is 0.944 bits per heavy atom. The minimum atomic E-state index is 0.369. The number of fused-ring (bicyclic) bond motifs is 1. The lowest BCUT2D eigenvalue weighted by Gasteiger charge is -2.00. The van der Waals surface area contributed by atoms with Crippen LogP contribution >= 0.6 is 0 Å². The van der Waals surface area contributed by atoms with E-state index in [1.807, 2.05) is 36.4 Å². The van der Waals surface area contributed by atoms with Gasteiger partial charge in [-0.25, -0.2) is 4.42 Å². The zero-order chi connectivity index (χ0) is 12.4. The van der Waals surface area contributed by atoms with Gasteiger partial charge in [-0.15, -0.1) is 0 Å². The molecule has 0 unspecified atom stereocenters. The van der Waals surface area contributed by atoms with Crippen LogP contribution in [0.2, 0.25) is 0 Å². The van der Waals surface area contributed by atoms with Gasteiger partial charge >= 0.3 is 11.5 Å². The fourth-order valence-electron chi connectivity index (χ4n) is 2.29. The lowest BCUT2D eigenvalue weighted by Crippen LogP contribution is -2.01. The molecule has 2 heteroatoms. The van der Waals surface area contributed by atoms with Crippen LogP contribution in [0.4, 0.5) is 0 Å².